The van der Waals surface area contributed by atoms with E-state index in [9.17, 15) is 9.59 Å². The second kappa shape index (κ2) is 9.44. The summed E-state index contributed by atoms with van der Waals surface area (Å²) in [6.45, 7) is 0.431. The molecule has 2 fully saturated rings. The van der Waals surface area contributed by atoms with E-state index in [-0.39, 0.29) is 23.9 Å². The van der Waals surface area contributed by atoms with Gasteiger partial charge in [0.1, 0.15) is 0 Å². The summed E-state index contributed by atoms with van der Waals surface area (Å²) in [5.74, 6) is 0.784. The minimum Gasteiger partial charge on any atom is -0.334 e. The number of nitrogens with one attached hydrogen (secondary N) is 3. The van der Waals surface area contributed by atoms with Gasteiger partial charge in [0.2, 0.25) is 5.91 Å². The lowest BCUT2D eigenvalue weighted by molar-refractivity contribution is -0.122. The first-order chi connectivity index (χ1) is 14.2. The summed E-state index contributed by atoms with van der Waals surface area (Å²) in [5, 5.41) is 11.2. The number of amides is 3. The smallest absolute Gasteiger partial charge is 0.315 e. The molecular formula is C23H29N3O2S. The first-order valence-corrected chi connectivity index (χ1v) is 11.5. The van der Waals surface area contributed by atoms with Gasteiger partial charge >= 0.3 is 6.03 Å². The molecule has 3 amide bonds. The molecule has 2 aromatic rings. The first kappa shape index (κ1) is 20.0. The Balaban J connectivity index is 1.31. The summed E-state index contributed by atoms with van der Waals surface area (Å²) in [4.78, 5) is 26.0. The molecule has 29 heavy (non-hydrogen) atoms. The minimum absolute atomic E-state index is 0.0885. The third-order valence-electron chi connectivity index (χ3n) is 6.13. The maximum absolute atomic E-state index is 12.6. The van der Waals surface area contributed by atoms with Gasteiger partial charge < -0.3 is 16.0 Å². The highest BCUT2D eigenvalue weighted by Gasteiger charge is 2.28. The Bertz CT molecular complexity index is 826. The number of hydrogen-bond acceptors (Lipinski definition) is 3. The molecule has 2 saturated carbocycles. The molecule has 1 unspecified atom stereocenters. The van der Waals surface area contributed by atoms with Crippen molar-refractivity contribution in [1.82, 2.24) is 10.6 Å². The molecule has 3 N–H and O–H groups in total. The Hall–Kier alpha value is -2.34. The van der Waals surface area contributed by atoms with E-state index in [1.165, 1.54) is 30.6 Å². The predicted molar refractivity (Wildman–Crippen MR) is 117 cm³/mol. The summed E-state index contributed by atoms with van der Waals surface area (Å²) in [5.41, 5.74) is 1.77. The highest BCUT2D eigenvalue weighted by molar-refractivity contribution is 7.10. The zero-order valence-corrected chi connectivity index (χ0v) is 17.5. The van der Waals surface area contributed by atoms with Crippen LogP contribution in [0.15, 0.2) is 41.8 Å². The van der Waals surface area contributed by atoms with E-state index in [2.05, 4.69) is 27.4 Å². The Kier molecular flexibility index (Phi) is 6.49. The van der Waals surface area contributed by atoms with Crippen LogP contribution in [-0.4, -0.2) is 11.9 Å². The van der Waals surface area contributed by atoms with Crippen LogP contribution in [0.3, 0.4) is 0 Å². The van der Waals surface area contributed by atoms with Crippen LogP contribution in [0.4, 0.5) is 10.5 Å². The molecule has 1 aromatic carbocycles. The number of urea groups is 1. The molecule has 0 spiro atoms. The normalized spacial score (nSPS) is 18.1. The van der Waals surface area contributed by atoms with Gasteiger partial charge in [0, 0.05) is 23.0 Å². The fraction of sp³-hybridized carbons (Fsp3) is 0.478. The predicted octanol–water partition coefficient (Wildman–Crippen LogP) is 5.22. The molecule has 2 aliphatic rings. The van der Waals surface area contributed by atoms with E-state index >= 15 is 0 Å². The molecule has 1 heterocycles. The SMILES string of the molecule is O=C(NCc1cccc(NC(=O)C2CCC2)c1)NC(c1cccs1)C1CCCC1. The van der Waals surface area contributed by atoms with Gasteiger partial charge in [0.25, 0.3) is 0 Å². The van der Waals surface area contributed by atoms with Gasteiger partial charge in [-0.2, -0.15) is 0 Å². The van der Waals surface area contributed by atoms with Crippen LogP contribution in [0.25, 0.3) is 0 Å². The zero-order chi connectivity index (χ0) is 20.1. The van der Waals surface area contributed by atoms with E-state index in [4.69, 9.17) is 0 Å². The fourth-order valence-electron chi connectivity index (χ4n) is 4.23. The van der Waals surface area contributed by atoms with E-state index in [1.807, 2.05) is 30.3 Å². The lowest BCUT2D eigenvalue weighted by Crippen LogP contribution is -2.39. The maximum atomic E-state index is 12.6. The van der Waals surface area contributed by atoms with Gasteiger partial charge in [-0.25, -0.2) is 4.79 Å². The van der Waals surface area contributed by atoms with Gasteiger partial charge in [-0.1, -0.05) is 37.5 Å². The van der Waals surface area contributed by atoms with Crippen molar-refractivity contribution in [2.75, 3.05) is 5.32 Å². The van der Waals surface area contributed by atoms with Gasteiger partial charge in [-0.05, 0) is 60.7 Å². The monoisotopic (exact) mass is 411 g/mol. The summed E-state index contributed by atoms with van der Waals surface area (Å²) in [6, 6.07) is 11.8. The summed E-state index contributed by atoms with van der Waals surface area (Å²) in [7, 11) is 0. The van der Waals surface area contributed by atoms with Gasteiger partial charge in [-0.3, -0.25) is 4.79 Å². The molecule has 0 saturated heterocycles. The number of rotatable bonds is 7. The molecule has 2 aliphatic carbocycles. The van der Waals surface area contributed by atoms with Crippen molar-refractivity contribution < 1.29 is 9.59 Å². The average molecular weight is 412 g/mol. The molecule has 0 bridgehead atoms. The third-order valence-corrected chi connectivity index (χ3v) is 7.09. The average Bonchev–Trinajstić information content (AvgIpc) is 3.37. The quantitative estimate of drug-likeness (QED) is 0.585. The van der Waals surface area contributed by atoms with Crippen molar-refractivity contribution in [2.24, 2.45) is 11.8 Å². The van der Waals surface area contributed by atoms with Crippen LogP contribution in [0.5, 0.6) is 0 Å². The molecule has 0 radical (unpaired) electrons. The molecule has 154 valence electrons. The Morgan fingerprint density at radius 2 is 1.86 bits per heavy atom. The van der Waals surface area contributed by atoms with Crippen LogP contribution in [0, 0.1) is 11.8 Å². The van der Waals surface area contributed by atoms with Crippen LogP contribution in [-0.2, 0) is 11.3 Å². The molecule has 4 rings (SSSR count). The Morgan fingerprint density at radius 1 is 1.03 bits per heavy atom. The second-order valence-electron chi connectivity index (χ2n) is 8.18. The van der Waals surface area contributed by atoms with Crippen LogP contribution >= 0.6 is 11.3 Å². The summed E-state index contributed by atoms with van der Waals surface area (Å²) < 4.78 is 0. The van der Waals surface area contributed by atoms with E-state index in [1.54, 1.807) is 11.3 Å². The molecule has 0 aliphatic heterocycles. The molecule has 5 nitrogen and oxygen atoms in total. The van der Waals surface area contributed by atoms with E-state index < -0.39 is 0 Å². The van der Waals surface area contributed by atoms with Crippen LogP contribution in [0.1, 0.15) is 61.4 Å². The second-order valence-corrected chi connectivity index (χ2v) is 9.16. The number of carbonyl (C=O) groups is 2. The highest BCUT2D eigenvalue weighted by Crippen LogP contribution is 2.37. The van der Waals surface area contributed by atoms with Gasteiger partial charge in [-0.15, -0.1) is 11.3 Å². The van der Waals surface area contributed by atoms with E-state index in [0.717, 1.165) is 30.5 Å². The van der Waals surface area contributed by atoms with Crippen LogP contribution in [0.2, 0.25) is 0 Å². The van der Waals surface area contributed by atoms with Crippen LogP contribution < -0.4 is 16.0 Å². The molecule has 1 aromatic heterocycles. The zero-order valence-electron chi connectivity index (χ0n) is 16.7. The Morgan fingerprint density at radius 3 is 2.55 bits per heavy atom. The standard InChI is InChI=1S/C23H29N3O2S/c27-22(18-9-4-10-18)25-19-11-3-6-16(14-19)15-24-23(28)26-21(17-7-1-2-8-17)20-12-5-13-29-20/h3,5-6,11-14,17-18,21H,1-2,4,7-10,15H2,(H,25,27)(H2,24,26,28). The van der Waals surface area contributed by atoms with Crippen molar-refractivity contribution in [3.05, 3.63) is 52.2 Å². The van der Waals surface area contributed by atoms with Gasteiger partial charge in [0.05, 0.1) is 6.04 Å². The number of anilines is 1. The molecule has 1 atom stereocenters. The number of thiophene rings is 1. The lowest BCUT2D eigenvalue weighted by Gasteiger charge is -2.24. The first-order valence-electron chi connectivity index (χ1n) is 10.7. The van der Waals surface area contributed by atoms with Crippen molar-refractivity contribution >= 4 is 29.0 Å². The molecular weight excluding hydrogens is 382 g/mol. The summed E-state index contributed by atoms with van der Waals surface area (Å²) >= 11 is 1.71. The maximum Gasteiger partial charge on any atom is 0.315 e. The number of carbonyl (C=O) groups excluding carboxylic acids is 2. The van der Waals surface area contributed by atoms with Gasteiger partial charge in [0.15, 0.2) is 0 Å². The van der Waals surface area contributed by atoms with Crippen molar-refractivity contribution in [3.8, 4) is 0 Å². The minimum atomic E-state index is -0.140. The largest absolute Gasteiger partial charge is 0.334 e. The number of benzene rings is 1. The number of hydrogen-bond donors (Lipinski definition) is 3. The molecule has 6 heteroatoms. The van der Waals surface area contributed by atoms with Crippen molar-refractivity contribution in [1.29, 1.82) is 0 Å². The topological polar surface area (TPSA) is 70.2 Å². The van der Waals surface area contributed by atoms with Crippen molar-refractivity contribution in [3.63, 3.8) is 0 Å². The van der Waals surface area contributed by atoms with Crippen molar-refractivity contribution in [2.45, 2.75) is 57.5 Å². The summed E-state index contributed by atoms with van der Waals surface area (Å²) in [6.07, 6.45) is 7.95. The fourth-order valence-corrected chi connectivity index (χ4v) is 5.10. The van der Waals surface area contributed by atoms with E-state index in [0.29, 0.717) is 12.5 Å². The Labute approximate surface area is 176 Å². The highest BCUT2D eigenvalue weighted by atomic mass is 32.1. The lowest BCUT2D eigenvalue weighted by atomic mass is 9.85. The third kappa shape index (κ3) is 5.18.